The summed E-state index contributed by atoms with van der Waals surface area (Å²) in [6, 6.07) is 16.4. The molecule has 1 N–H and O–H groups in total. The maximum absolute atomic E-state index is 12.1. The van der Waals surface area contributed by atoms with Crippen LogP contribution in [0.15, 0.2) is 65.8 Å². The molecule has 0 saturated carbocycles. The smallest absolute Gasteiger partial charge is 0.245 e. The van der Waals surface area contributed by atoms with Crippen molar-refractivity contribution in [3.05, 3.63) is 71.4 Å². The first-order valence-electron chi connectivity index (χ1n) is 6.64. The fourth-order valence-corrected chi connectivity index (χ4v) is 2.23. The van der Waals surface area contributed by atoms with Gasteiger partial charge in [-0.2, -0.15) is 0 Å². The van der Waals surface area contributed by atoms with Crippen LogP contribution in [0.1, 0.15) is 10.4 Å². The number of fused-ring (bicyclic) bond motifs is 1. The Labute approximate surface area is 126 Å². The average molecular weight is 292 g/mol. The van der Waals surface area contributed by atoms with Gasteiger partial charge in [-0.05, 0) is 29.7 Å². The van der Waals surface area contributed by atoms with Crippen LogP contribution in [0, 0.1) is 5.21 Å². The second-order valence-electron chi connectivity index (χ2n) is 4.73. The van der Waals surface area contributed by atoms with Gasteiger partial charge in [-0.15, -0.1) is 0 Å². The minimum atomic E-state index is 0.0814. The lowest BCUT2D eigenvalue weighted by Crippen LogP contribution is -1.91. The largest absolute Gasteiger partial charge is 0.594 e. The molecule has 0 atom stereocenters. The fourth-order valence-electron chi connectivity index (χ4n) is 2.23. The second kappa shape index (κ2) is 5.65. The number of rotatable bonds is 3. The van der Waals surface area contributed by atoms with E-state index in [0.717, 1.165) is 17.1 Å². The van der Waals surface area contributed by atoms with Crippen LogP contribution in [0.25, 0.3) is 10.8 Å². The van der Waals surface area contributed by atoms with E-state index in [0.29, 0.717) is 21.8 Å². The van der Waals surface area contributed by atoms with Crippen molar-refractivity contribution in [2.75, 3.05) is 0 Å². The summed E-state index contributed by atoms with van der Waals surface area (Å²) >= 11 is 0. The van der Waals surface area contributed by atoms with E-state index in [2.05, 4.69) is 5.11 Å². The number of aldehydes is 1. The van der Waals surface area contributed by atoms with E-state index in [4.69, 9.17) is 0 Å². The lowest BCUT2D eigenvalue weighted by molar-refractivity contribution is -0.435. The first-order chi connectivity index (χ1) is 10.7. The van der Waals surface area contributed by atoms with E-state index in [1.165, 1.54) is 24.3 Å². The van der Waals surface area contributed by atoms with Crippen LogP contribution in [-0.4, -0.2) is 16.3 Å². The lowest BCUT2D eigenvalue weighted by Gasteiger charge is -2.04. The molecule has 0 spiro atoms. The van der Waals surface area contributed by atoms with Crippen molar-refractivity contribution in [2.24, 2.45) is 5.11 Å². The Hall–Kier alpha value is -3.21. The van der Waals surface area contributed by atoms with E-state index >= 15 is 0 Å². The van der Waals surface area contributed by atoms with Crippen molar-refractivity contribution in [3.8, 4) is 5.75 Å². The van der Waals surface area contributed by atoms with Crippen LogP contribution < -0.4 is 0 Å². The molecule has 3 rings (SSSR count). The Balaban J connectivity index is 2.12. The first-order valence-corrected chi connectivity index (χ1v) is 6.64. The van der Waals surface area contributed by atoms with Gasteiger partial charge in [-0.1, -0.05) is 29.1 Å². The molecule has 0 saturated heterocycles. The number of benzene rings is 3. The molecule has 0 aromatic heterocycles. The van der Waals surface area contributed by atoms with Crippen LogP contribution in [0.3, 0.4) is 0 Å². The number of azo groups is 1. The van der Waals surface area contributed by atoms with E-state index < -0.39 is 0 Å². The normalized spacial score (nSPS) is 11.5. The number of aromatic hydroxyl groups is 1. The Morgan fingerprint density at radius 2 is 1.64 bits per heavy atom. The topological polar surface area (TPSA) is 75.7 Å². The van der Waals surface area contributed by atoms with E-state index in [9.17, 15) is 15.1 Å². The van der Waals surface area contributed by atoms with Gasteiger partial charge in [-0.25, -0.2) is 0 Å². The van der Waals surface area contributed by atoms with Crippen LogP contribution in [0.4, 0.5) is 11.4 Å². The van der Waals surface area contributed by atoms with Gasteiger partial charge >= 0.3 is 0 Å². The minimum Gasteiger partial charge on any atom is -0.594 e. The van der Waals surface area contributed by atoms with Crippen molar-refractivity contribution in [1.29, 1.82) is 0 Å². The van der Waals surface area contributed by atoms with Crippen LogP contribution >= 0.6 is 0 Å². The third-order valence-corrected chi connectivity index (χ3v) is 3.33. The third kappa shape index (κ3) is 2.52. The summed E-state index contributed by atoms with van der Waals surface area (Å²) in [6.07, 6.45) is 0.779. The van der Waals surface area contributed by atoms with Gasteiger partial charge in [-0.3, -0.25) is 4.79 Å². The van der Waals surface area contributed by atoms with Gasteiger partial charge in [0.2, 0.25) is 5.69 Å². The van der Waals surface area contributed by atoms with Gasteiger partial charge in [0.15, 0.2) is 6.29 Å². The number of phenols is 1. The highest BCUT2D eigenvalue weighted by Crippen LogP contribution is 2.29. The van der Waals surface area contributed by atoms with Crippen molar-refractivity contribution < 1.29 is 14.8 Å². The minimum absolute atomic E-state index is 0.0814. The monoisotopic (exact) mass is 292 g/mol. The number of carbonyl (C=O) groups excluding carboxylic acids is 1. The summed E-state index contributed by atoms with van der Waals surface area (Å²) in [5, 5.41) is 26.9. The van der Waals surface area contributed by atoms with E-state index in [1.54, 1.807) is 12.1 Å². The summed E-state index contributed by atoms with van der Waals surface area (Å²) in [5.41, 5.74) is 1.34. The lowest BCUT2D eigenvalue weighted by atomic mass is 10.0. The van der Waals surface area contributed by atoms with Gasteiger partial charge in [0.05, 0.1) is 0 Å². The van der Waals surface area contributed by atoms with Gasteiger partial charge < -0.3 is 10.3 Å². The summed E-state index contributed by atoms with van der Waals surface area (Å²) in [5.74, 6) is 0.0814. The summed E-state index contributed by atoms with van der Waals surface area (Å²) in [7, 11) is 0. The SMILES string of the molecule is O=Cc1ccc(N=[N+]([O-])c2ccc(O)cc2)c2ccccc12. The molecule has 0 heterocycles. The van der Waals surface area contributed by atoms with Crippen LogP contribution in [-0.2, 0) is 0 Å². The Morgan fingerprint density at radius 3 is 2.32 bits per heavy atom. The first kappa shape index (κ1) is 13.8. The van der Waals surface area contributed by atoms with Gasteiger partial charge in [0.25, 0.3) is 0 Å². The molecule has 5 heteroatoms. The number of phenolic OH excluding ortho intramolecular Hbond substituents is 1. The summed E-state index contributed by atoms with van der Waals surface area (Å²) in [4.78, 5) is 11.6. The molecule has 108 valence electrons. The Morgan fingerprint density at radius 1 is 0.955 bits per heavy atom. The zero-order valence-corrected chi connectivity index (χ0v) is 11.5. The van der Waals surface area contributed by atoms with Gasteiger partial charge in [0.1, 0.15) is 11.4 Å². The molecule has 0 aliphatic heterocycles. The maximum Gasteiger partial charge on any atom is 0.245 e. The average Bonchev–Trinajstić information content (AvgIpc) is 2.55. The summed E-state index contributed by atoms with van der Waals surface area (Å²) in [6.45, 7) is 0. The summed E-state index contributed by atoms with van der Waals surface area (Å²) < 4.78 is 0. The quantitative estimate of drug-likeness (QED) is 0.339. The highest BCUT2D eigenvalue weighted by Gasteiger charge is 2.09. The maximum atomic E-state index is 12.1. The molecule has 0 bridgehead atoms. The van der Waals surface area contributed by atoms with Crippen molar-refractivity contribution >= 4 is 28.4 Å². The number of hydrogen-bond acceptors (Lipinski definition) is 4. The van der Waals surface area contributed by atoms with Crippen LogP contribution in [0.5, 0.6) is 5.75 Å². The molecule has 0 aliphatic rings. The van der Waals surface area contributed by atoms with Crippen molar-refractivity contribution in [1.82, 2.24) is 0 Å². The second-order valence-corrected chi connectivity index (χ2v) is 4.73. The third-order valence-electron chi connectivity index (χ3n) is 3.33. The van der Waals surface area contributed by atoms with Crippen LogP contribution in [0.2, 0.25) is 0 Å². The number of hydrogen-bond donors (Lipinski definition) is 1. The molecule has 3 aromatic carbocycles. The Bertz CT molecular complexity index is 871. The molecule has 3 aromatic rings. The number of nitrogens with zero attached hydrogens (tertiary/aromatic N) is 2. The standard InChI is InChI=1S/C17H12N2O3/c20-11-12-5-10-17(16-4-2-1-3-15(12)16)18-19(22)13-6-8-14(21)9-7-13/h1-11,21H. The zero-order chi connectivity index (χ0) is 15.5. The highest BCUT2D eigenvalue weighted by atomic mass is 16.5. The number of carbonyl (C=O) groups is 1. The van der Waals surface area contributed by atoms with Crippen molar-refractivity contribution in [3.63, 3.8) is 0 Å². The Kier molecular flexibility index (Phi) is 3.53. The molecule has 0 amide bonds. The van der Waals surface area contributed by atoms with E-state index in [-0.39, 0.29) is 5.75 Å². The fraction of sp³-hybridized carbons (Fsp3) is 0. The molecular formula is C17H12N2O3. The molecular weight excluding hydrogens is 280 g/mol. The highest BCUT2D eigenvalue weighted by molar-refractivity contribution is 6.03. The molecule has 0 fully saturated rings. The predicted molar refractivity (Wildman–Crippen MR) is 82.8 cm³/mol. The molecule has 0 aliphatic carbocycles. The molecule has 5 nitrogen and oxygen atoms in total. The molecule has 0 unspecified atom stereocenters. The molecule has 0 radical (unpaired) electrons. The van der Waals surface area contributed by atoms with Crippen molar-refractivity contribution in [2.45, 2.75) is 0 Å². The predicted octanol–water partition coefficient (Wildman–Crippen LogP) is 4.28. The molecule has 22 heavy (non-hydrogen) atoms. The van der Waals surface area contributed by atoms with E-state index in [1.807, 2.05) is 24.3 Å². The van der Waals surface area contributed by atoms with Gasteiger partial charge in [0, 0.05) is 28.2 Å². The zero-order valence-electron chi connectivity index (χ0n) is 11.5.